The largest absolute Gasteiger partial charge is 0.756 e. The average molecular weight is 830 g/mol. The fraction of sp³-hybridized carbons (Fsp3) is 0.938. The lowest BCUT2D eigenvalue weighted by molar-refractivity contribution is -0.870. The van der Waals surface area contributed by atoms with Gasteiger partial charge in [0.25, 0.3) is 7.82 Å². The Bertz CT molecular complexity index is 925. The molecule has 0 aliphatic heterocycles. The van der Waals surface area contributed by atoms with Crippen LogP contribution in [0.2, 0.25) is 0 Å². The monoisotopic (exact) mass is 830 g/mol. The molecule has 0 rings (SSSR count). The van der Waals surface area contributed by atoms with Crippen LogP contribution in [0.3, 0.4) is 0 Å². The Hall–Kier alpha value is -0.760. The van der Waals surface area contributed by atoms with Crippen LogP contribution in [0.4, 0.5) is 0 Å². The first-order valence-electron chi connectivity index (χ1n) is 24.4. The van der Waals surface area contributed by atoms with Crippen molar-refractivity contribution in [2.75, 3.05) is 54.1 Å². The van der Waals surface area contributed by atoms with Gasteiger partial charge in [0, 0.05) is 13.0 Å². The second kappa shape index (κ2) is 42.0. The summed E-state index contributed by atoms with van der Waals surface area (Å²) in [6.07, 6.45) is 46.7. The van der Waals surface area contributed by atoms with Gasteiger partial charge in [-0.2, -0.15) is 0 Å². The van der Waals surface area contributed by atoms with Crippen molar-refractivity contribution in [1.82, 2.24) is 0 Å². The van der Waals surface area contributed by atoms with Crippen LogP contribution in [0, 0.1) is 0 Å². The Morgan fingerprint density at radius 2 is 0.912 bits per heavy atom. The van der Waals surface area contributed by atoms with Gasteiger partial charge in [-0.05, 0) is 38.5 Å². The van der Waals surface area contributed by atoms with Crippen LogP contribution in [-0.4, -0.2) is 70.7 Å². The third-order valence-electron chi connectivity index (χ3n) is 10.8. The van der Waals surface area contributed by atoms with Crippen LogP contribution in [-0.2, 0) is 27.9 Å². The summed E-state index contributed by atoms with van der Waals surface area (Å²) in [6, 6.07) is 0. The number of carbonyl (C=O) groups is 1. The lowest BCUT2D eigenvalue weighted by atomic mass is 10.0. The van der Waals surface area contributed by atoms with Crippen LogP contribution in [0.5, 0.6) is 0 Å². The third kappa shape index (κ3) is 46.2. The van der Waals surface area contributed by atoms with Crippen LogP contribution in [0.15, 0.2) is 12.2 Å². The molecule has 0 fully saturated rings. The maximum Gasteiger partial charge on any atom is 0.306 e. The van der Waals surface area contributed by atoms with E-state index >= 15 is 0 Å². The average Bonchev–Trinajstić information content (AvgIpc) is 3.16. The van der Waals surface area contributed by atoms with Gasteiger partial charge in [-0.1, -0.05) is 199 Å². The Morgan fingerprint density at radius 3 is 1.33 bits per heavy atom. The van der Waals surface area contributed by atoms with Crippen molar-refractivity contribution < 1.29 is 37.3 Å². The molecular formula is C48H96NO7P. The fourth-order valence-corrected chi connectivity index (χ4v) is 7.74. The fourth-order valence-electron chi connectivity index (χ4n) is 7.01. The predicted octanol–water partition coefficient (Wildman–Crippen LogP) is 14.0. The zero-order valence-corrected chi connectivity index (χ0v) is 39.5. The molecule has 57 heavy (non-hydrogen) atoms. The van der Waals surface area contributed by atoms with Gasteiger partial charge in [0.1, 0.15) is 19.3 Å². The number of likely N-dealkylation sites (N-methyl/N-ethyl adjacent to an activating group) is 1. The second-order valence-electron chi connectivity index (χ2n) is 17.8. The number of ether oxygens (including phenoxy) is 2. The minimum absolute atomic E-state index is 0.0296. The number of phosphoric acid groups is 1. The highest BCUT2D eigenvalue weighted by molar-refractivity contribution is 7.45. The van der Waals surface area contributed by atoms with Gasteiger partial charge < -0.3 is 27.9 Å². The normalized spacial score (nSPS) is 13.7. The Balaban J connectivity index is 4.00. The number of phosphoric ester groups is 1. The lowest BCUT2D eigenvalue weighted by Gasteiger charge is -2.28. The molecule has 0 saturated carbocycles. The first-order valence-corrected chi connectivity index (χ1v) is 25.9. The molecule has 0 saturated heterocycles. The summed E-state index contributed by atoms with van der Waals surface area (Å²) in [5.41, 5.74) is 0. The molecule has 0 aromatic heterocycles. The molecule has 0 spiro atoms. The number of hydrogen-bond donors (Lipinski definition) is 0. The number of hydrogen-bond acceptors (Lipinski definition) is 7. The van der Waals surface area contributed by atoms with E-state index in [0.29, 0.717) is 24.1 Å². The SMILES string of the molecule is CCCCCCCCCC/C=C\CCCCCCCCCCCCCCCC(=O)OC(COCCCCCCCCCCCC)COP(=O)([O-])OCC[N+](C)(C)C. The van der Waals surface area contributed by atoms with Crippen molar-refractivity contribution in [3.8, 4) is 0 Å². The van der Waals surface area contributed by atoms with Crippen molar-refractivity contribution in [2.24, 2.45) is 0 Å². The topological polar surface area (TPSA) is 94.1 Å². The van der Waals surface area contributed by atoms with Gasteiger partial charge >= 0.3 is 5.97 Å². The van der Waals surface area contributed by atoms with E-state index in [1.54, 1.807) is 0 Å². The van der Waals surface area contributed by atoms with E-state index in [1.165, 1.54) is 180 Å². The van der Waals surface area contributed by atoms with E-state index in [2.05, 4.69) is 26.0 Å². The molecule has 0 amide bonds. The summed E-state index contributed by atoms with van der Waals surface area (Å²) in [7, 11) is 1.37. The molecule has 9 heteroatoms. The van der Waals surface area contributed by atoms with Crippen LogP contribution in [0.1, 0.15) is 232 Å². The molecule has 2 atom stereocenters. The quantitative estimate of drug-likeness (QED) is 0.0198. The Morgan fingerprint density at radius 1 is 0.526 bits per heavy atom. The van der Waals surface area contributed by atoms with E-state index in [1.807, 2.05) is 21.1 Å². The standard InChI is InChI=1S/C48H96NO7P/c1-6-8-10-12-14-16-18-19-20-21-22-23-24-25-26-27-28-29-30-31-32-33-35-37-39-41-48(50)56-47(46-55-57(51,52)54-44-42-49(3,4)5)45-53-43-40-38-36-34-17-15-13-11-9-7-2/h21-22,47H,6-20,23-46H2,1-5H3/b22-21-. The van der Waals surface area contributed by atoms with Gasteiger partial charge in [-0.3, -0.25) is 9.36 Å². The van der Waals surface area contributed by atoms with Crippen molar-refractivity contribution in [3.05, 3.63) is 12.2 Å². The number of nitrogens with zero attached hydrogens (tertiary/aromatic N) is 1. The molecule has 2 unspecified atom stereocenters. The maximum atomic E-state index is 12.7. The molecule has 0 aromatic carbocycles. The number of unbranched alkanes of at least 4 members (excludes halogenated alkanes) is 30. The van der Waals surface area contributed by atoms with Crippen molar-refractivity contribution in [3.63, 3.8) is 0 Å². The molecule has 0 aromatic rings. The van der Waals surface area contributed by atoms with Crippen molar-refractivity contribution in [1.29, 1.82) is 0 Å². The Kier molecular flexibility index (Phi) is 41.4. The van der Waals surface area contributed by atoms with Gasteiger partial charge in [-0.15, -0.1) is 0 Å². The van der Waals surface area contributed by atoms with E-state index < -0.39 is 13.9 Å². The zero-order chi connectivity index (χ0) is 42.0. The lowest BCUT2D eigenvalue weighted by Crippen LogP contribution is -2.37. The highest BCUT2D eigenvalue weighted by Gasteiger charge is 2.20. The molecule has 0 bridgehead atoms. The second-order valence-corrected chi connectivity index (χ2v) is 19.2. The summed E-state index contributed by atoms with van der Waals surface area (Å²) in [5, 5.41) is 0. The molecule has 0 heterocycles. The summed E-state index contributed by atoms with van der Waals surface area (Å²) in [6.45, 7) is 5.45. The molecule has 0 radical (unpaired) electrons. The summed E-state index contributed by atoms with van der Waals surface area (Å²) in [5.74, 6) is -0.330. The zero-order valence-electron chi connectivity index (χ0n) is 38.6. The van der Waals surface area contributed by atoms with Gasteiger partial charge in [0.05, 0.1) is 34.4 Å². The summed E-state index contributed by atoms with van der Waals surface area (Å²) < 4.78 is 34.6. The van der Waals surface area contributed by atoms with Crippen molar-refractivity contribution in [2.45, 2.75) is 238 Å². The first-order chi connectivity index (χ1) is 27.6. The van der Waals surface area contributed by atoms with E-state index in [0.717, 1.165) is 32.1 Å². The van der Waals surface area contributed by atoms with E-state index in [9.17, 15) is 14.3 Å². The van der Waals surface area contributed by atoms with Gasteiger partial charge in [0.15, 0.2) is 0 Å². The van der Waals surface area contributed by atoms with Crippen LogP contribution < -0.4 is 4.89 Å². The predicted molar refractivity (Wildman–Crippen MR) is 241 cm³/mol. The molecular weight excluding hydrogens is 734 g/mol. The molecule has 0 N–H and O–H groups in total. The minimum atomic E-state index is -4.52. The number of quaternary nitrogens is 1. The number of esters is 1. The molecule has 8 nitrogen and oxygen atoms in total. The summed E-state index contributed by atoms with van der Waals surface area (Å²) >= 11 is 0. The Labute approximate surface area is 354 Å². The highest BCUT2D eigenvalue weighted by Crippen LogP contribution is 2.38. The van der Waals surface area contributed by atoms with Gasteiger partial charge in [0.2, 0.25) is 0 Å². The first kappa shape index (κ1) is 56.2. The summed E-state index contributed by atoms with van der Waals surface area (Å²) in [4.78, 5) is 25.1. The van der Waals surface area contributed by atoms with Gasteiger partial charge in [-0.25, -0.2) is 0 Å². The molecule has 340 valence electrons. The smallest absolute Gasteiger partial charge is 0.306 e. The number of carbonyl (C=O) groups excluding carboxylic acids is 1. The number of allylic oxidation sites excluding steroid dienone is 2. The highest BCUT2D eigenvalue weighted by atomic mass is 31.2. The van der Waals surface area contributed by atoms with E-state index in [4.69, 9.17) is 18.5 Å². The van der Waals surface area contributed by atoms with E-state index in [-0.39, 0.29) is 25.8 Å². The maximum absolute atomic E-state index is 12.7. The third-order valence-corrected chi connectivity index (χ3v) is 11.8. The molecule has 0 aliphatic carbocycles. The van der Waals surface area contributed by atoms with Crippen LogP contribution in [0.25, 0.3) is 0 Å². The van der Waals surface area contributed by atoms with Crippen LogP contribution >= 0.6 is 7.82 Å². The molecule has 0 aliphatic rings. The van der Waals surface area contributed by atoms with Crippen molar-refractivity contribution >= 4 is 13.8 Å². The minimum Gasteiger partial charge on any atom is -0.756 e. The number of rotatable bonds is 46.